The second kappa shape index (κ2) is 5.11. The number of carbonyl (C=O) groups is 1. The van der Waals surface area contributed by atoms with Gasteiger partial charge in [-0.2, -0.15) is 0 Å². The first-order chi connectivity index (χ1) is 8.46. The maximum atomic E-state index is 12.0. The first-order valence-electron chi connectivity index (χ1n) is 6.48. The Bertz CT molecular complexity index is 434. The van der Waals surface area contributed by atoms with Crippen molar-refractivity contribution in [3.63, 3.8) is 0 Å². The summed E-state index contributed by atoms with van der Waals surface area (Å²) < 4.78 is 5.60. The Hall–Kier alpha value is -1.35. The van der Waals surface area contributed by atoms with Crippen LogP contribution in [-0.2, 0) is 4.79 Å². The topological polar surface area (TPSA) is 52.3 Å². The van der Waals surface area contributed by atoms with Gasteiger partial charge in [-0.25, -0.2) is 0 Å². The largest absolute Gasteiger partial charge is 0.493 e. The monoisotopic (exact) mass is 247 g/mol. The van der Waals surface area contributed by atoms with Gasteiger partial charge in [0.1, 0.15) is 11.5 Å². The van der Waals surface area contributed by atoms with E-state index in [9.17, 15) is 4.79 Å². The molecule has 0 saturated carbocycles. The van der Waals surface area contributed by atoms with Gasteiger partial charge >= 0.3 is 0 Å². The second-order valence-corrected chi connectivity index (χ2v) is 5.78. The molecule has 1 atom stereocenters. The van der Waals surface area contributed by atoms with Gasteiger partial charge in [-0.05, 0) is 37.8 Å². The molecule has 0 amide bonds. The summed E-state index contributed by atoms with van der Waals surface area (Å²) in [6.07, 6.45) is 1.92. The molecule has 18 heavy (non-hydrogen) atoms. The molecule has 0 aromatic heterocycles. The van der Waals surface area contributed by atoms with Gasteiger partial charge in [0.2, 0.25) is 0 Å². The van der Waals surface area contributed by atoms with Crippen LogP contribution in [0.4, 0.5) is 0 Å². The van der Waals surface area contributed by atoms with Crippen LogP contribution in [0.3, 0.4) is 0 Å². The third-order valence-corrected chi connectivity index (χ3v) is 3.21. The van der Waals surface area contributed by atoms with Gasteiger partial charge in [0.25, 0.3) is 0 Å². The van der Waals surface area contributed by atoms with Crippen LogP contribution in [0.1, 0.15) is 44.6 Å². The van der Waals surface area contributed by atoms with Crippen LogP contribution in [0.25, 0.3) is 0 Å². The van der Waals surface area contributed by atoms with E-state index in [1.54, 1.807) is 0 Å². The van der Waals surface area contributed by atoms with Crippen LogP contribution >= 0.6 is 0 Å². The molecule has 0 bridgehead atoms. The number of nitrogens with two attached hydrogens (primary N) is 1. The van der Waals surface area contributed by atoms with Crippen molar-refractivity contribution in [1.29, 1.82) is 0 Å². The summed E-state index contributed by atoms with van der Waals surface area (Å²) >= 11 is 0. The minimum atomic E-state index is -0.415. The lowest BCUT2D eigenvalue weighted by Crippen LogP contribution is -2.35. The average Bonchev–Trinajstić information content (AvgIpc) is 2.27. The van der Waals surface area contributed by atoms with E-state index in [1.807, 2.05) is 32.0 Å². The number of carbonyl (C=O) groups excluding carboxylic acids is 1. The van der Waals surface area contributed by atoms with Crippen molar-refractivity contribution in [2.45, 2.75) is 44.6 Å². The van der Waals surface area contributed by atoms with Gasteiger partial charge < -0.3 is 10.5 Å². The molecule has 0 aliphatic carbocycles. The Kier molecular flexibility index (Phi) is 3.71. The number of rotatable bonds is 4. The van der Waals surface area contributed by atoms with E-state index in [-0.39, 0.29) is 11.7 Å². The fourth-order valence-corrected chi connectivity index (χ4v) is 2.48. The van der Waals surface area contributed by atoms with Crippen molar-refractivity contribution in [2.24, 2.45) is 5.73 Å². The van der Waals surface area contributed by atoms with E-state index in [1.165, 1.54) is 0 Å². The van der Waals surface area contributed by atoms with E-state index in [2.05, 4.69) is 6.07 Å². The first-order valence-corrected chi connectivity index (χ1v) is 6.48. The number of hydrogen-bond acceptors (Lipinski definition) is 3. The fraction of sp³-hybridized carbons (Fsp3) is 0.533. The zero-order valence-corrected chi connectivity index (χ0v) is 11.1. The van der Waals surface area contributed by atoms with Gasteiger partial charge in [-0.15, -0.1) is 0 Å². The number of fused-ring (bicyclic) bond motifs is 1. The van der Waals surface area contributed by atoms with E-state index in [0.29, 0.717) is 19.4 Å². The summed E-state index contributed by atoms with van der Waals surface area (Å²) in [5.74, 6) is 1.45. The maximum absolute atomic E-state index is 12.0. The van der Waals surface area contributed by atoms with Crippen molar-refractivity contribution >= 4 is 5.78 Å². The predicted molar refractivity (Wildman–Crippen MR) is 71.8 cm³/mol. The van der Waals surface area contributed by atoms with E-state index >= 15 is 0 Å². The second-order valence-electron chi connectivity index (χ2n) is 5.78. The molecule has 1 aliphatic heterocycles. The number of benzene rings is 1. The number of para-hydroxylation sites is 1. The molecule has 3 heteroatoms. The van der Waals surface area contributed by atoms with Crippen molar-refractivity contribution in [3.05, 3.63) is 29.8 Å². The van der Waals surface area contributed by atoms with Crippen molar-refractivity contribution in [3.8, 4) is 5.75 Å². The molecule has 1 aliphatic rings. The third-order valence-electron chi connectivity index (χ3n) is 3.21. The molecule has 1 aromatic rings. The van der Waals surface area contributed by atoms with Crippen LogP contribution in [0.2, 0.25) is 0 Å². The molecule has 3 nitrogen and oxygen atoms in total. The molecule has 2 rings (SSSR count). The lowest BCUT2D eigenvalue weighted by Gasteiger charge is -2.26. The predicted octanol–water partition coefficient (Wildman–Crippen LogP) is 2.64. The summed E-state index contributed by atoms with van der Waals surface area (Å²) in [5.41, 5.74) is 6.63. The molecule has 1 aromatic carbocycles. The summed E-state index contributed by atoms with van der Waals surface area (Å²) in [6.45, 7) is 4.48. The van der Waals surface area contributed by atoms with Gasteiger partial charge in [0.15, 0.2) is 0 Å². The summed E-state index contributed by atoms with van der Waals surface area (Å²) in [5, 5.41) is 0. The number of hydrogen-bond donors (Lipinski definition) is 1. The van der Waals surface area contributed by atoms with E-state index in [4.69, 9.17) is 10.5 Å². The maximum Gasteiger partial charge on any atom is 0.135 e. The summed E-state index contributed by atoms with van der Waals surface area (Å²) in [6, 6.07) is 7.99. The van der Waals surface area contributed by atoms with Gasteiger partial charge in [-0.1, -0.05) is 18.2 Å². The van der Waals surface area contributed by atoms with Crippen molar-refractivity contribution in [2.75, 3.05) is 6.61 Å². The molecule has 0 fully saturated rings. The molecule has 1 unspecified atom stereocenters. The van der Waals surface area contributed by atoms with Crippen molar-refractivity contribution < 1.29 is 9.53 Å². The quantitative estimate of drug-likeness (QED) is 0.890. The zero-order chi connectivity index (χ0) is 13.2. The number of Topliss-reactive ketones (excluding diaryl/α,β-unsaturated/α-hetero) is 1. The van der Waals surface area contributed by atoms with Gasteiger partial charge in [0, 0.05) is 18.4 Å². The molecule has 1 heterocycles. The van der Waals surface area contributed by atoms with Gasteiger partial charge in [0.05, 0.1) is 6.61 Å². The minimum absolute atomic E-state index is 0.240. The van der Waals surface area contributed by atoms with Crippen LogP contribution in [0, 0.1) is 0 Å². The van der Waals surface area contributed by atoms with Crippen molar-refractivity contribution in [1.82, 2.24) is 0 Å². The standard InChI is InChI=1S/C15H21NO2/c1-15(2,16)10-12(17)9-11-7-8-18-14-6-4-3-5-13(11)14/h3-6,11H,7-10,16H2,1-2H3. The summed E-state index contributed by atoms with van der Waals surface area (Å²) in [7, 11) is 0. The highest BCUT2D eigenvalue weighted by atomic mass is 16.5. The highest BCUT2D eigenvalue weighted by Crippen LogP contribution is 2.35. The summed E-state index contributed by atoms with van der Waals surface area (Å²) in [4.78, 5) is 12.0. The molecular formula is C15H21NO2. The van der Waals surface area contributed by atoms with E-state index < -0.39 is 5.54 Å². The Balaban J connectivity index is 2.05. The molecule has 0 saturated heterocycles. The highest BCUT2D eigenvalue weighted by molar-refractivity contribution is 5.80. The Morgan fingerprint density at radius 3 is 2.89 bits per heavy atom. The van der Waals surface area contributed by atoms with Crippen LogP contribution in [-0.4, -0.2) is 17.9 Å². The SMILES string of the molecule is CC(C)(N)CC(=O)CC1CCOc2ccccc21. The minimum Gasteiger partial charge on any atom is -0.493 e. The molecule has 0 spiro atoms. The third kappa shape index (κ3) is 3.33. The van der Waals surface area contributed by atoms with Crippen LogP contribution in [0.5, 0.6) is 5.75 Å². The van der Waals surface area contributed by atoms with Crippen LogP contribution < -0.4 is 10.5 Å². The molecule has 98 valence electrons. The fourth-order valence-electron chi connectivity index (χ4n) is 2.48. The van der Waals surface area contributed by atoms with Gasteiger partial charge in [-0.3, -0.25) is 4.79 Å². The average molecular weight is 247 g/mol. The highest BCUT2D eigenvalue weighted by Gasteiger charge is 2.25. The Labute approximate surface area is 108 Å². The lowest BCUT2D eigenvalue weighted by molar-refractivity contribution is -0.120. The normalized spacial score (nSPS) is 18.9. The first kappa shape index (κ1) is 13.1. The number of ketones is 1. The van der Waals surface area contributed by atoms with Crippen LogP contribution in [0.15, 0.2) is 24.3 Å². The Morgan fingerprint density at radius 2 is 2.17 bits per heavy atom. The molecule has 0 radical (unpaired) electrons. The lowest BCUT2D eigenvalue weighted by atomic mass is 9.86. The smallest absolute Gasteiger partial charge is 0.135 e. The zero-order valence-electron chi connectivity index (χ0n) is 11.1. The molecule has 2 N–H and O–H groups in total. The number of ether oxygens (including phenoxy) is 1. The van der Waals surface area contributed by atoms with E-state index in [0.717, 1.165) is 17.7 Å². The Morgan fingerprint density at radius 1 is 1.44 bits per heavy atom. The molecular weight excluding hydrogens is 226 g/mol.